The summed E-state index contributed by atoms with van der Waals surface area (Å²) < 4.78 is 0. The highest BCUT2D eigenvalue weighted by Gasteiger charge is 2.31. The SMILES string of the molecule is CCC(C)C(NC(=O)C(C)NC(=O)C(N)CCC(=O)O)C(=O)NC(Cc1ccc(O)cc1)C(=O)O. The van der Waals surface area contributed by atoms with E-state index >= 15 is 0 Å². The van der Waals surface area contributed by atoms with E-state index in [2.05, 4.69) is 16.0 Å². The summed E-state index contributed by atoms with van der Waals surface area (Å²) in [6.45, 7) is 4.90. The number of carboxylic acids is 2. The summed E-state index contributed by atoms with van der Waals surface area (Å²) in [6.07, 6.45) is 0.0451. The highest BCUT2D eigenvalue weighted by atomic mass is 16.4. The van der Waals surface area contributed by atoms with Crippen LogP contribution in [0.2, 0.25) is 0 Å². The molecule has 0 aliphatic rings. The number of benzene rings is 1. The molecule has 0 aromatic heterocycles. The van der Waals surface area contributed by atoms with Gasteiger partial charge in [-0.15, -0.1) is 0 Å². The average molecular weight is 495 g/mol. The number of rotatable bonds is 14. The Balaban J connectivity index is 2.84. The monoisotopic (exact) mass is 494 g/mol. The zero-order valence-electron chi connectivity index (χ0n) is 20.0. The maximum Gasteiger partial charge on any atom is 0.326 e. The van der Waals surface area contributed by atoms with Gasteiger partial charge in [-0.2, -0.15) is 0 Å². The average Bonchev–Trinajstić information content (AvgIpc) is 2.80. The summed E-state index contributed by atoms with van der Waals surface area (Å²) in [4.78, 5) is 60.1. The summed E-state index contributed by atoms with van der Waals surface area (Å²) in [5.41, 5.74) is 6.23. The molecule has 0 fully saturated rings. The molecule has 1 aromatic carbocycles. The van der Waals surface area contributed by atoms with Crippen LogP contribution in [-0.4, -0.2) is 69.1 Å². The summed E-state index contributed by atoms with van der Waals surface area (Å²) in [7, 11) is 0. The molecule has 12 heteroatoms. The van der Waals surface area contributed by atoms with Gasteiger partial charge in [0.05, 0.1) is 6.04 Å². The van der Waals surface area contributed by atoms with E-state index in [1.807, 2.05) is 0 Å². The normalized spacial score (nSPS) is 15.1. The van der Waals surface area contributed by atoms with Crippen LogP contribution in [0.4, 0.5) is 0 Å². The van der Waals surface area contributed by atoms with E-state index in [1.54, 1.807) is 13.8 Å². The van der Waals surface area contributed by atoms with E-state index < -0.39 is 53.8 Å². The number of aliphatic carboxylic acids is 2. The van der Waals surface area contributed by atoms with E-state index in [1.165, 1.54) is 31.2 Å². The fourth-order valence-corrected chi connectivity index (χ4v) is 3.11. The van der Waals surface area contributed by atoms with Crippen LogP contribution in [0.25, 0.3) is 0 Å². The zero-order valence-corrected chi connectivity index (χ0v) is 20.0. The van der Waals surface area contributed by atoms with E-state index in [9.17, 15) is 34.2 Å². The molecule has 0 saturated heterocycles. The molecule has 0 saturated carbocycles. The van der Waals surface area contributed by atoms with Gasteiger partial charge in [0.15, 0.2) is 0 Å². The van der Waals surface area contributed by atoms with Gasteiger partial charge < -0.3 is 37.0 Å². The van der Waals surface area contributed by atoms with Gasteiger partial charge in [-0.3, -0.25) is 19.2 Å². The van der Waals surface area contributed by atoms with Crippen molar-refractivity contribution in [3.63, 3.8) is 0 Å². The van der Waals surface area contributed by atoms with Gasteiger partial charge in [0.2, 0.25) is 17.7 Å². The van der Waals surface area contributed by atoms with Gasteiger partial charge in [0.1, 0.15) is 23.9 Å². The van der Waals surface area contributed by atoms with E-state index in [-0.39, 0.29) is 30.9 Å². The maximum atomic E-state index is 12.9. The molecule has 0 aliphatic carbocycles. The molecule has 0 radical (unpaired) electrons. The van der Waals surface area contributed by atoms with Crippen LogP contribution in [0, 0.1) is 5.92 Å². The summed E-state index contributed by atoms with van der Waals surface area (Å²) in [5.74, 6) is -4.80. The zero-order chi connectivity index (χ0) is 26.7. The van der Waals surface area contributed by atoms with Crippen molar-refractivity contribution in [3.8, 4) is 5.75 Å². The quantitative estimate of drug-likeness (QED) is 0.181. The number of carboxylic acid groups (broad SMARTS) is 2. The highest BCUT2D eigenvalue weighted by molar-refractivity contribution is 5.94. The Hall–Kier alpha value is -3.67. The minimum Gasteiger partial charge on any atom is -0.508 e. The minimum absolute atomic E-state index is 0.0215. The number of aromatic hydroxyl groups is 1. The van der Waals surface area contributed by atoms with Crippen LogP contribution in [0.3, 0.4) is 0 Å². The van der Waals surface area contributed by atoms with Crippen LogP contribution in [0.15, 0.2) is 24.3 Å². The second-order valence-corrected chi connectivity index (χ2v) is 8.41. The van der Waals surface area contributed by atoms with Crippen LogP contribution in [-0.2, 0) is 30.4 Å². The molecule has 35 heavy (non-hydrogen) atoms. The number of carbonyl (C=O) groups excluding carboxylic acids is 3. The number of phenols is 1. The van der Waals surface area contributed by atoms with Crippen molar-refractivity contribution in [3.05, 3.63) is 29.8 Å². The van der Waals surface area contributed by atoms with Gasteiger partial charge in [-0.25, -0.2) is 4.79 Å². The van der Waals surface area contributed by atoms with Gasteiger partial charge in [0, 0.05) is 12.8 Å². The number of hydrogen-bond acceptors (Lipinski definition) is 7. The molecule has 5 unspecified atom stereocenters. The van der Waals surface area contributed by atoms with Crippen LogP contribution >= 0.6 is 0 Å². The molecule has 12 nitrogen and oxygen atoms in total. The van der Waals surface area contributed by atoms with Gasteiger partial charge in [-0.1, -0.05) is 32.4 Å². The predicted octanol–water partition coefficient (Wildman–Crippen LogP) is -0.268. The predicted molar refractivity (Wildman–Crippen MR) is 125 cm³/mol. The fraction of sp³-hybridized carbons (Fsp3) is 0.522. The minimum atomic E-state index is -1.28. The molecule has 0 bridgehead atoms. The molecule has 0 spiro atoms. The lowest BCUT2D eigenvalue weighted by molar-refractivity contribution is -0.142. The fourth-order valence-electron chi connectivity index (χ4n) is 3.11. The molecule has 5 atom stereocenters. The van der Waals surface area contributed by atoms with Gasteiger partial charge >= 0.3 is 11.9 Å². The lowest BCUT2D eigenvalue weighted by atomic mass is 9.97. The molecule has 1 rings (SSSR count). The molecule has 8 N–H and O–H groups in total. The van der Waals surface area contributed by atoms with Crippen molar-refractivity contribution < 1.29 is 39.3 Å². The van der Waals surface area contributed by atoms with E-state index in [0.717, 1.165) is 0 Å². The number of amides is 3. The van der Waals surface area contributed by atoms with Crippen molar-refractivity contribution >= 4 is 29.7 Å². The van der Waals surface area contributed by atoms with Crippen LogP contribution < -0.4 is 21.7 Å². The number of phenolic OH excluding ortho intramolecular Hbond substituents is 1. The summed E-state index contributed by atoms with van der Waals surface area (Å²) >= 11 is 0. The Bertz CT molecular complexity index is 905. The Labute approximate surface area is 203 Å². The number of hydrogen-bond donors (Lipinski definition) is 7. The molecular weight excluding hydrogens is 460 g/mol. The molecule has 0 aliphatic heterocycles. The smallest absolute Gasteiger partial charge is 0.326 e. The number of nitrogens with two attached hydrogens (primary N) is 1. The van der Waals surface area contributed by atoms with Gasteiger partial charge in [-0.05, 0) is 37.0 Å². The Morgan fingerprint density at radius 2 is 1.51 bits per heavy atom. The topological polar surface area (TPSA) is 208 Å². The summed E-state index contributed by atoms with van der Waals surface area (Å²) in [6, 6.07) is 1.34. The third-order valence-corrected chi connectivity index (χ3v) is 5.54. The first kappa shape index (κ1) is 29.4. The van der Waals surface area contributed by atoms with Crippen molar-refractivity contribution in [1.29, 1.82) is 0 Å². The standard InChI is InChI=1S/C23H34N4O8/c1-4-12(2)19(27-20(31)13(3)25-21(32)16(24)9-10-18(29)30)22(33)26-17(23(34)35)11-14-5-7-15(28)8-6-14/h5-8,12-13,16-17,19,28H,4,9-11,24H2,1-3H3,(H,25,32)(H,26,33)(H,27,31)(H,29,30)(H,34,35). The second kappa shape index (κ2) is 13.9. The summed E-state index contributed by atoms with van der Waals surface area (Å²) in [5, 5.41) is 35.0. The Morgan fingerprint density at radius 1 is 0.914 bits per heavy atom. The van der Waals surface area contributed by atoms with Crippen molar-refractivity contribution in [2.24, 2.45) is 11.7 Å². The first-order valence-electron chi connectivity index (χ1n) is 11.2. The van der Waals surface area contributed by atoms with Crippen molar-refractivity contribution in [2.45, 2.75) is 70.6 Å². The molecule has 194 valence electrons. The number of carbonyl (C=O) groups is 5. The highest BCUT2D eigenvalue weighted by Crippen LogP contribution is 2.13. The second-order valence-electron chi connectivity index (χ2n) is 8.41. The molecule has 3 amide bonds. The van der Waals surface area contributed by atoms with E-state index in [0.29, 0.717) is 12.0 Å². The van der Waals surface area contributed by atoms with E-state index in [4.69, 9.17) is 10.8 Å². The Morgan fingerprint density at radius 3 is 2.03 bits per heavy atom. The largest absolute Gasteiger partial charge is 0.508 e. The number of nitrogens with one attached hydrogen (secondary N) is 3. The maximum absolute atomic E-state index is 12.9. The van der Waals surface area contributed by atoms with Crippen LogP contribution in [0.5, 0.6) is 5.75 Å². The first-order chi connectivity index (χ1) is 16.3. The lowest BCUT2D eigenvalue weighted by Crippen LogP contribution is -2.58. The molecule has 1 aromatic rings. The van der Waals surface area contributed by atoms with Crippen LogP contribution in [0.1, 0.15) is 45.6 Å². The van der Waals surface area contributed by atoms with Gasteiger partial charge in [0.25, 0.3) is 0 Å². The Kier molecular flexibility index (Phi) is 11.7. The molecule has 0 heterocycles. The third kappa shape index (κ3) is 10.0. The van der Waals surface area contributed by atoms with Crippen molar-refractivity contribution in [2.75, 3.05) is 0 Å². The first-order valence-corrected chi connectivity index (χ1v) is 11.2. The van der Waals surface area contributed by atoms with Crippen molar-refractivity contribution in [1.82, 2.24) is 16.0 Å². The lowest BCUT2D eigenvalue weighted by Gasteiger charge is -2.27. The molecular formula is C23H34N4O8. The third-order valence-electron chi connectivity index (χ3n) is 5.54.